The van der Waals surface area contributed by atoms with E-state index in [9.17, 15) is 4.79 Å². The lowest BCUT2D eigenvalue weighted by molar-refractivity contribution is -0.126. The van der Waals surface area contributed by atoms with E-state index in [0.717, 1.165) is 22.2 Å². The Kier molecular flexibility index (Phi) is 4.15. The summed E-state index contributed by atoms with van der Waals surface area (Å²) in [6.07, 6.45) is 2.82. The normalized spacial score (nSPS) is 20.5. The van der Waals surface area contributed by atoms with Crippen molar-refractivity contribution in [3.63, 3.8) is 0 Å². The fourth-order valence-electron chi connectivity index (χ4n) is 1.77. The molecule has 1 aliphatic heterocycles. The molecule has 0 fully saturated rings. The Labute approximate surface area is 127 Å². The Hall–Kier alpha value is -0.0700. The molecule has 0 aliphatic carbocycles. The van der Waals surface area contributed by atoms with Crippen molar-refractivity contribution in [2.75, 3.05) is 7.05 Å². The first-order valence-corrected chi connectivity index (χ1v) is 7.49. The van der Waals surface area contributed by atoms with Gasteiger partial charge >= 0.3 is 0 Å². The van der Waals surface area contributed by atoms with Gasteiger partial charge in [-0.1, -0.05) is 62.3 Å². The van der Waals surface area contributed by atoms with Crippen molar-refractivity contribution in [3.8, 4) is 0 Å². The number of hydrogen-bond acceptors (Lipinski definition) is 1. The summed E-state index contributed by atoms with van der Waals surface area (Å²) in [5.41, 5.74) is 1.79. The van der Waals surface area contributed by atoms with Crippen LogP contribution in [-0.2, 0) is 4.79 Å². The molecule has 0 N–H and O–H groups in total. The van der Waals surface area contributed by atoms with E-state index in [1.54, 1.807) is 11.9 Å². The number of allylic oxidation sites excluding steroid dienone is 1. The predicted octanol–water partition coefficient (Wildman–Crippen LogP) is 4.11. The van der Waals surface area contributed by atoms with E-state index < -0.39 is 0 Å². The average Bonchev–Trinajstić information content (AvgIpc) is 2.28. The van der Waals surface area contributed by atoms with Crippen molar-refractivity contribution in [2.45, 2.75) is 10.3 Å². The first-order chi connectivity index (χ1) is 8.00. The SMILES string of the molecule is CN1C(=O)C(I)CC=C1c1ccc(Br)cc1Cl. The fourth-order valence-corrected chi connectivity index (χ4v) is 3.21. The van der Waals surface area contributed by atoms with Crippen LogP contribution in [0.5, 0.6) is 0 Å². The lowest BCUT2D eigenvalue weighted by Crippen LogP contribution is -2.35. The summed E-state index contributed by atoms with van der Waals surface area (Å²) >= 11 is 11.7. The van der Waals surface area contributed by atoms with Crippen molar-refractivity contribution < 1.29 is 4.79 Å². The third kappa shape index (κ3) is 2.69. The van der Waals surface area contributed by atoms with Gasteiger partial charge in [0.2, 0.25) is 5.91 Å². The number of amides is 1. The van der Waals surface area contributed by atoms with Crippen molar-refractivity contribution in [3.05, 3.63) is 39.3 Å². The standard InChI is InChI=1S/C12H10BrClINO/c1-16-11(5-4-10(15)12(16)17)8-3-2-7(13)6-9(8)14/h2-3,5-6,10H,4H2,1H3. The van der Waals surface area contributed by atoms with Crippen molar-refractivity contribution in [1.82, 2.24) is 4.90 Å². The van der Waals surface area contributed by atoms with Gasteiger partial charge in [-0.2, -0.15) is 0 Å². The first-order valence-electron chi connectivity index (χ1n) is 5.08. The van der Waals surface area contributed by atoms with Gasteiger partial charge in [0.05, 0.1) is 8.95 Å². The second-order valence-electron chi connectivity index (χ2n) is 3.81. The summed E-state index contributed by atoms with van der Waals surface area (Å²) in [5.74, 6) is 0.127. The van der Waals surface area contributed by atoms with Crippen LogP contribution in [0.4, 0.5) is 0 Å². The summed E-state index contributed by atoms with van der Waals surface area (Å²) in [6.45, 7) is 0. The Morgan fingerprint density at radius 3 is 2.88 bits per heavy atom. The summed E-state index contributed by atoms with van der Waals surface area (Å²) in [5, 5.41) is 0.650. The fraction of sp³-hybridized carbons (Fsp3) is 0.250. The van der Waals surface area contributed by atoms with E-state index in [2.05, 4.69) is 44.6 Å². The molecule has 1 aromatic rings. The van der Waals surface area contributed by atoms with E-state index >= 15 is 0 Å². The van der Waals surface area contributed by atoms with E-state index in [0.29, 0.717) is 5.02 Å². The minimum atomic E-state index is 0.0237. The van der Waals surface area contributed by atoms with Crippen LogP contribution in [0.2, 0.25) is 5.02 Å². The van der Waals surface area contributed by atoms with E-state index in [4.69, 9.17) is 11.6 Å². The van der Waals surface area contributed by atoms with Crippen LogP contribution in [0.3, 0.4) is 0 Å². The molecule has 1 atom stereocenters. The quantitative estimate of drug-likeness (QED) is 0.489. The number of carbonyl (C=O) groups excluding carboxylic acids is 1. The molecule has 17 heavy (non-hydrogen) atoms. The monoisotopic (exact) mass is 425 g/mol. The highest BCUT2D eigenvalue weighted by molar-refractivity contribution is 14.1. The molecule has 0 radical (unpaired) electrons. The Morgan fingerprint density at radius 1 is 1.53 bits per heavy atom. The maximum atomic E-state index is 11.9. The molecule has 1 amide bonds. The minimum Gasteiger partial charge on any atom is -0.314 e. The van der Waals surface area contributed by atoms with Crippen LogP contribution in [-0.4, -0.2) is 21.8 Å². The number of rotatable bonds is 1. The molecular weight excluding hydrogens is 416 g/mol. The summed E-state index contributed by atoms with van der Waals surface area (Å²) < 4.78 is 0.957. The second-order valence-corrected chi connectivity index (χ2v) is 6.64. The van der Waals surface area contributed by atoms with E-state index in [1.807, 2.05) is 18.2 Å². The number of alkyl halides is 1. The van der Waals surface area contributed by atoms with Crippen LogP contribution in [0.25, 0.3) is 5.70 Å². The molecule has 0 bridgehead atoms. The zero-order valence-electron chi connectivity index (χ0n) is 9.08. The highest BCUT2D eigenvalue weighted by atomic mass is 127. The molecule has 0 saturated heterocycles. The van der Waals surface area contributed by atoms with Crippen LogP contribution in [0.15, 0.2) is 28.7 Å². The van der Waals surface area contributed by atoms with Gasteiger partial charge in [-0.05, 0) is 18.6 Å². The zero-order chi connectivity index (χ0) is 12.6. The molecule has 1 aliphatic rings. The molecular formula is C12H10BrClINO. The average molecular weight is 426 g/mol. The van der Waals surface area contributed by atoms with E-state index in [-0.39, 0.29) is 9.83 Å². The van der Waals surface area contributed by atoms with Crippen LogP contribution in [0, 0.1) is 0 Å². The van der Waals surface area contributed by atoms with Gasteiger partial charge < -0.3 is 4.90 Å². The van der Waals surface area contributed by atoms with Gasteiger partial charge in [-0.25, -0.2) is 0 Å². The summed E-state index contributed by atoms with van der Waals surface area (Å²) in [6, 6.07) is 5.69. The maximum Gasteiger partial charge on any atom is 0.240 e. The molecule has 5 heteroatoms. The van der Waals surface area contributed by atoms with Gasteiger partial charge in [0.1, 0.15) is 0 Å². The van der Waals surface area contributed by atoms with Gasteiger partial charge in [-0.15, -0.1) is 0 Å². The van der Waals surface area contributed by atoms with Gasteiger partial charge in [0, 0.05) is 22.8 Å². The van der Waals surface area contributed by atoms with Gasteiger partial charge in [-0.3, -0.25) is 4.79 Å². The minimum absolute atomic E-state index is 0.0237. The Morgan fingerprint density at radius 2 is 2.24 bits per heavy atom. The highest BCUT2D eigenvalue weighted by Crippen LogP contribution is 2.33. The molecule has 1 heterocycles. The number of hydrogen-bond donors (Lipinski definition) is 0. The largest absolute Gasteiger partial charge is 0.314 e. The van der Waals surface area contributed by atoms with Crippen LogP contribution >= 0.6 is 50.1 Å². The Balaban J connectivity index is 2.43. The number of nitrogens with zero attached hydrogens (tertiary/aromatic N) is 1. The third-order valence-corrected chi connectivity index (χ3v) is 4.53. The zero-order valence-corrected chi connectivity index (χ0v) is 13.6. The molecule has 0 saturated carbocycles. The third-order valence-electron chi connectivity index (χ3n) is 2.69. The van der Waals surface area contributed by atoms with Crippen LogP contribution in [0.1, 0.15) is 12.0 Å². The number of halogens is 3. The summed E-state index contributed by atoms with van der Waals surface area (Å²) in [4.78, 5) is 13.6. The Bertz CT molecular complexity index is 503. The lowest BCUT2D eigenvalue weighted by Gasteiger charge is -2.28. The second kappa shape index (κ2) is 5.28. The van der Waals surface area contributed by atoms with Gasteiger partial charge in [0.25, 0.3) is 0 Å². The lowest BCUT2D eigenvalue weighted by atomic mass is 10.1. The molecule has 0 spiro atoms. The van der Waals surface area contributed by atoms with Crippen molar-refractivity contribution in [1.29, 1.82) is 0 Å². The molecule has 0 aromatic heterocycles. The van der Waals surface area contributed by atoms with Crippen LogP contribution < -0.4 is 0 Å². The molecule has 1 aromatic carbocycles. The number of carbonyl (C=O) groups is 1. The molecule has 2 nitrogen and oxygen atoms in total. The predicted molar refractivity (Wildman–Crippen MR) is 82.3 cm³/mol. The van der Waals surface area contributed by atoms with Gasteiger partial charge in [0.15, 0.2) is 0 Å². The molecule has 1 unspecified atom stereocenters. The topological polar surface area (TPSA) is 20.3 Å². The molecule has 90 valence electrons. The maximum absolute atomic E-state index is 11.9. The molecule has 2 rings (SSSR count). The highest BCUT2D eigenvalue weighted by Gasteiger charge is 2.27. The number of benzene rings is 1. The van der Waals surface area contributed by atoms with Crippen molar-refractivity contribution >= 4 is 61.7 Å². The van der Waals surface area contributed by atoms with Crippen molar-refractivity contribution in [2.24, 2.45) is 0 Å². The summed E-state index contributed by atoms with van der Waals surface area (Å²) in [7, 11) is 1.79. The smallest absolute Gasteiger partial charge is 0.240 e. The van der Waals surface area contributed by atoms with E-state index in [1.165, 1.54) is 0 Å². The first kappa shape index (κ1) is 13.4.